The Bertz CT molecular complexity index is 623. The summed E-state index contributed by atoms with van der Waals surface area (Å²) in [5.41, 5.74) is 1.22. The molecule has 7 heteroatoms. The highest BCUT2D eigenvalue weighted by Gasteiger charge is 2.08. The summed E-state index contributed by atoms with van der Waals surface area (Å²) in [6.45, 7) is 7.41. The average Bonchev–Trinajstić information content (AvgIpc) is 2.85. The maximum absolute atomic E-state index is 4.59. The Labute approximate surface area is 154 Å². The van der Waals surface area contributed by atoms with Gasteiger partial charge in [0.1, 0.15) is 12.4 Å². The second kappa shape index (κ2) is 9.49. The van der Waals surface area contributed by atoms with Crippen LogP contribution in [0.1, 0.15) is 37.1 Å². The number of halogens is 1. The molecule has 0 amide bonds. The first-order chi connectivity index (χ1) is 10.6. The van der Waals surface area contributed by atoms with E-state index in [1.54, 1.807) is 0 Å². The second-order valence-electron chi connectivity index (χ2n) is 5.19. The van der Waals surface area contributed by atoms with Gasteiger partial charge in [0.05, 0.1) is 6.04 Å². The van der Waals surface area contributed by atoms with E-state index < -0.39 is 0 Å². The maximum atomic E-state index is 4.59. The molecule has 2 aromatic rings. The van der Waals surface area contributed by atoms with Crippen molar-refractivity contribution >= 4 is 29.9 Å². The predicted molar refractivity (Wildman–Crippen MR) is 104 cm³/mol. The molecule has 0 aliphatic carbocycles. The van der Waals surface area contributed by atoms with Crippen LogP contribution in [0.15, 0.2) is 35.3 Å². The number of guanidine groups is 1. The van der Waals surface area contributed by atoms with Crippen LogP contribution in [0.2, 0.25) is 0 Å². The molecular weight excluding hydrogens is 403 g/mol. The maximum Gasteiger partial charge on any atom is 0.192 e. The van der Waals surface area contributed by atoms with Crippen LogP contribution in [-0.4, -0.2) is 27.3 Å². The lowest BCUT2D eigenvalue weighted by Gasteiger charge is -2.18. The van der Waals surface area contributed by atoms with Gasteiger partial charge < -0.3 is 15.2 Å². The Kier molecular flexibility index (Phi) is 8.01. The van der Waals surface area contributed by atoms with Gasteiger partial charge in [0, 0.05) is 13.6 Å². The van der Waals surface area contributed by atoms with E-state index in [1.165, 1.54) is 5.56 Å². The molecule has 23 heavy (non-hydrogen) atoms. The quantitative estimate of drug-likeness (QED) is 0.437. The van der Waals surface area contributed by atoms with Crippen LogP contribution in [0.25, 0.3) is 0 Å². The van der Waals surface area contributed by atoms with Gasteiger partial charge in [-0.2, -0.15) is 0 Å². The summed E-state index contributed by atoms with van der Waals surface area (Å²) in [6.07, 6.45) is 0. The molecule has 2 rings (SSSR count). The highest BCUT2D eigenvalue weighted by atomic mass is 127. The molecule has 0 saturated heterocycles. The molecule has 1 atom stereocenters. The van der Waals surface area contributed by atoms with Crippen molar-refractivity contribution in [2.45, 2.75) is 33.4 Å². The predicted octanol–water partition coefficient (Wildman–Crippen LogP) is 2.56. The SMILES string of the molecule is CCNC(=NCc1nnc(C)n1C)NC(C)c1ccccc1.I. The number of hydrogen-bond acceptors (Lipinski definition) is 3. The van der Waals surface area contributed by atoms with Crippen LogP contribution in [0.4, 0.5) is 0 Å². The Morgan fingerprint density at radius 1 is 1.26 bits per heavy atom. The van der Waals surface area contributed by atoms with E-state index in [1.807, 2.05) is 36.7 Å². The van der Waals surface area contributed by atoms with Crippen molar-refractivity contribution in [2.75, 3.05) is 6.54 Å². The molecule has 1 aromatic heterocycles. The number of benzene rings is 1. The van der Waals surface area contributed by atoms with Crippen molar-refractivity contribution in [3.63, 3.8) is 0 Å². The number of aryl methyl sites for hydroxylation is 1. The summed E-state index contributed by atoms with van der Waals surface area (Å²) in [4.78, 5) is 4.59. The Hall–Kier alpha value is -1.64. The monoisotopic (exact) mass is 428 g/mol. The summed E-state index contributed by atoms with van der Waals surface area (Å²) in [6, 6.07) is 10.5. The Balaban J connectivity index is 0.00000264. The lowest BCUT2D eigenvalue weighted by molar-refractivity contribution is 0.681. The standard InChI is InChI=1S/C16H24N6.HI/c1-5-17-16(18-11-15-21-20-13(3)22(15)4)19-12(2)14-9-7-6-8-10-14;/h6-10,12H,5,11H2,1-4H3,(H2,17,18,19);1H. The molecule has 6 nitrogen and oxygen atoms in total. The van der Waals surface area contributed by atoms with Crippen LogP contribution in [0.5, 0.6) is 0 Å². The smallest absolute Gasteiger partial charge is 0.192 e. The summed E-state index contributed by atoms with van der Waals surface area (Å²) in [5, 5.41) is 14.9. The van der Waals surface area contributed by atoms with Crippen LogP contribution in [0.3, 0.4) is 0 Å². The first-order valence-corrected chi connectivity index (χ1v) is 7.56. The summed E-state index contributed by atoms with van der Waals surface area (Å²) in [7, 11) is 1.95. The summed E-state index contributed by atoms with van der Waals surface area (Å²) >= 11 is 0. The van der Waals surface area contributed by atoms with Gasteiger partial charge in [-0.25, -0.2) is 4.99 Å². The molecule has 0 radical (unpaired) electrons. The van der Waals surface area contributed by atoms with Crippen molar-refractivity contribution < 1.29 is 0 Å². The third kappa shape index (κ3) is 5.49. The zero-order valence-electron chi connectivity index (χ0n) is 14.1. The average molecular weight is 428 g/mol. The van der Waals surface area contributed by atoms with Gasteiger partial charge in [-0.05, 0) is 26.3 Å². The molecule has 1 aromatic carbocycles. The van der Waals surface area contributed by atoms with E-state index in [-0.39, 0.29) is 30.0 Å². The van der Waals surface area contributed by atoms with Crippen molar-refractivity contribution in [1.29, 1.82) is 0 Å². The van der Waals surface area contributed by atoms with Gasteiger partial charge in [0.25, 0.3) is 0 Å². The Morgan fingerprint density at radius 3 is 2.52 bits per heavy atom. The highest BCUT2D eigenvalue weighted by molar-refractivity contribution is 14.0. The fourth-order valence-corrected chi connectivity index (χ4v) is 2.09. The highest BCUT2D eigenvalue weighted by Crippen LogP contribution is 2.10. The second-order valence-corrected chi connectivity index (χ2v) is 5.19. The van der Waals surface area contributed by atoms with Gasteiger partial charge in [0.15, 0.2) is 11.8 Å². The van der Waals surface area contributed by atoms with Crippen LogP contribution < -0.4 is 10.6 Å². The topological polar surface area (TPSA) is 67.1 Å². The van der Waals surface area contributed by atoms with Crippen molar-refractivity contribution in [2.24, 2.45) is 12.0 Å². The fraction of sp³-hybridized carbons (Fsp3) is 0.438. The molecule has 1 unspecified atom stereocenters. The van der Waals surface area contributed by atoms with Gasteiger partial charge in [0.2, 0.25) is 0 Å². The lowest BCUT2D eigenvalue weighted by atomic mass is 10.1. The minimum atomic E-state index is 0. The summed E-state index contributed by atoms with van der Waals surface area (Å²) in [5.74, 6) is 2.52. The molecule has 0 saturated carbocycles. The number of rotatable bonds is 5. The van der Waals surface area contributed by atoms with Crippen LogP contribution in [0, 0.1) is 6.92 Å². The zero-order valence-corrected chi connectivity index (χ0v) is 16.4. The number of nitrogens with zero attached hydrogens (tertiary/aromatic N) is 4. The van der Waals surface area contributed by atoms with Crippen LogP contribution >= 0.6 is 24.0 Å². The largest absolute Gasteiger partial charge is 0.357 e. The summed E-state index contributed by atoms with van der Waals surface area (Å²) < 4.78 is 1.95. The molecular formula is C16H25IN6. The van der Waals surface area contributed by atoms with Gasteiger partial charge in [-0.3, -0.25) is 0 Å². The van der Waals surface area contributed by atoms with Crippen molar-refractivity contribution in [3.8, 4) is 0 Å². The molecule has 0 bridgehead atoms. The van der Waals surface area contributed by atoms with E-state index in [0.29, 0.717) is 6.54 Å². The lowest BCUT2D eigenvalue weighted by Crippen LogP contribution is -2.38. The minimum Gasteiger partial charge on any atom is -0.357 e. The van der Waals surface area contributed by atoms with Gasteiger partial charge in [-0.15, -0.1) is 34.2 Å². The first-order valence-electron chi connectivity index (χ1n) is 7.56. The molecule has 0 aliphatic rings. The van der Waals surface area contributed by atoms with Gasteiger partial charge in [-0.1, -0.05) is 30.3 Å². The van der Waals surface area contributed by atoms with Crippen molar-refractivity contribution in [3.05, 3.63) is 47.5 Å². The zero-order chi connectivity index (χ0) is 15.9. The molecule has 0 spiro atoms. The van der Waals surface area contributed by atoms with E-state index in [4.69, 9.17) is 0 Å². The molecule has 0 aliphatic heterocycles. The van der Waals surface area contributed by atoms with E-state index in [0.717, 1.165) is 24.2 Å². The van der Waals surface area contributed by atoms with E-state index in [2.05, 4.69) is 51.8 Å². The van der Waals surface area contributed by atoms with Gasteiger partial charge >= 0.3 is 0 Å². The fourth-order valence-electron chi connectivity index (χ4n) is 2.09. The first kappa shape index (κ1) is 19.4. The van der Waals surface area contributed by atoms with Crippen molar-refractivity contribution in [1.82, 2.24) is 25.4 Å². The van der Waals surface area contributed by atoms with E-state index in [9.17, 15) is 0 Å². The number of nitrogens with one attached hydrogen (secondary N) is 2. The third-order valence-corrected chi connectivity index (χ3v) is 3.56. The normalized spacial score (nSPS) is 12.4. The third-order valence-electron chi connectivity index (χ3n) is 3.56. The van der Waals surface area contributed by atoms with E-state index >= 15 is 0 Å². The molecule has 126 valence electrons. The molecule has 1 heterocycles. The number of aliphatic imine (C=N–C) groups is 1. The number of aromatic nitrogens is 3. The molecule has 0 fully saturated rings. The number of hydrogen-bond donors (Lipinski definition) is 2. The van der Waals surface area contributed by atoms with Crippen LogP contribution in [-0.2, 0) is 13.6 Å². The minimum absolute atomic E-state index is 0. The molecule has 2 N–H and O–H groups in total. The Morgan fingerprint density at radius 2 is 1.96 bits per heavy atom.